The first-order chi connectivity index (χ1) is 9.61. The number of nitrogens with two attached hydrogens (primary N) is 1. The first kappa shape index (κ1) is 14.5. The van der Waals surface area contributed by atoms with E-state index in [-0.39, 0.29) is 12.0 Å². The summed E-state index contributed by atoms with van der Waals surface area (Å²) >= 11 is 0. The molecule has 0 aliphatic carbocycles. The molecule has 5 heteroatoms. The van der Waals surface area contributed by atoms with Crippen molar-refractivity contribution in [2.45, 2.75) is 39.2 Å². The van der Waals surface area contributed by atoms with Crippen LogP contribution in [0.2, 0.25) is 0 Å². The molecule has 20 heavy (non-hydrogen) atoms. The Morgan fingerprint density at radius 2 is 1.95 bits per heavy atom. The lowest BCUT2D eigenvalue weighted by atomic mass is 10.1. The Labute approximate surface area is 119 Å². The summed E-state index contributed by atoms with van der Waals surface area (Å²) in [7, 11) is 0. The highest BCUT2D eigenvalue weighted by Gasteiger charge is 2.17. The number of hydrogen-bond acceptors (Lipinski definition) is 5. The average molecular weight is 275 g/mol. The molecule has 2 N–H and O–H groups in total. The number of benzene rings is 1. The molecule has 5 nitrogen and oxygen atoms in total. The molecule has 0 radical (unpaired) electrons. The fraction of sp³-hybridized carbons (Fsp3) is 0.467. The molecule has 1 aromatic carbocycles. The van der Waals surface area contributed by atoms with E-state index >= 15 is 0 Å². The summed E-state index contributed by atoms with van der Waals surface area (Å²) in [5.74, 6) is 2.17. The summed E-state index contributed by atoms with van der Waals surface area (Å²) in [4.78, 5) is 4.32. The molecule has 0 amide bonds. The number of ether oxygens (including phenoxy) is 1. The van der Waals surface area contributed by atoms with Gasteiger partial charge in [-0.2, -0.15) is 4.98 Å². The van der Waals surface area contributed by atoms with Gasteiger partial charge in [0.25, 0.3) is 0 Å². The molecular formula is C15H21N3O2. The standard InChI is InChI=1S/C15H21N3O2/c1-4-9-19-12-7-5-11(6-8-12)13(16)14-17-15(10(2)3)20-18-14/h5-8,10,13H,4,9,16H2,1-3H3. The Morgan fingerprint density at radius 3 is 2.50 bits per heavy atom. The molecule has 0 saturated carbocycles. The van der Waals surface area contributed by atoms with Crippen molar-refractivity contribution < 1.29 is 9.26 Å². The molecule has 2 rings (SSSR count). The largest absolute Gasteiger partial charge is 0.494 e. The van der Waals surface area contributed by atoms with E-state index in [1.165, 1.54) is 0 Å². The highest BCUT2D eigenvalue weighted by molar-refractivity contribution is 5.31. The number of aromatic nitrogens is 2. The van der Waals surface area contributed by atoms with Gasteiger partial charge in [0.1, 0.15) is 5.75 Å². The van der Waals surface area contributed by atoms with Crippen LogP contribution in [0.5, 0.6) is 5.75 Å². The van der Waals surface area contributed by atoms with E-state index in [2.05, 4.69) is 17.1 Å². The predicted octanol–water partition coefficient (Wildman–Crippen LogP) is 3.03. The molecular weight excluding hydrogens is 254 g/mol. The normalized spacial score (nSPS) is 12.7. The smallest absolute Gasteiger partial charge is 0.229 e. The lowest BCUT2D eigenvalue weighted by Gasteiger charge is -2.09. The fourth-order valence-electron chi connectivity index (χ4n) is 1.75. The molecule has 0 bridgehead atoms. The van der Waals surface area contributed by atoms with Crippen LogP contribution in [-0.4, -0.2) is 16.7 Å². The molecule has 0 saturated heterocycles. The van der Waals surface area contributed by atoms with Crippen molar-refractivity contribution in [3.05, 3.63) is 41.5 Å². The summed E-state index contributed by atoms with van der Waals surface area (Å²) in [6.45, 7) is 6.80. The topological polar surface area (TPSA) is 74.2 Å². The van der Waals surface area contributed by atoms with Gasteiger partial charge in [-0.15, -0.1) is 0 Å². The van der Waals surface area contributed by atoms with Gasteiger partial charge in [-0.3, -0.25) is 0 Å². The quantitative estimate of drug-likeness (QED) is 0.877. The molecule has 2 aromatic rings. The average Bonchev–Trinajstić information content (AvgIpc) is 2.95. The van der Waals surface area contributed by atoms with Gasteiger partial charge in [-0.25, -0.2) is 0 Å². The predicted molar refractivity (Wildman–Crippen MR) is 76.6 cm³/mol. The third-order valence-corrected chi connectivity index (χ3v) is 2.94. The minimum Gasteiger partial charge on any atom is -0.494 e. The summed E-state index contributed by atoms with van der Waals surface area (Å²) in [6, 6.07) is 7.30. The van der Waals surface area contributed by atoms with E-state index < -0.39 is 0 Å². The number of nitrogens with zero attached hydrogens (tertiary/aromatic N) is 2. The van der Waals surface area contributed by atoms with E-state index in [0.717, 1.165) is 17.7 Å². The van der Waals surface area contributed by atoms with Crippen molar-refractivity contribution in [1.29, 1.82) is 0 Å². The molecule has 0 fully saturated rings. The van der Waals surface area contributed by atoms with Crippen molar-refractivity contribution in [1.82, 2.24) is 10.1 Å². The van der Waals surface area contributed by atoms with Crippen LogP contribution in [0.15, 0.2) is 28.8 Å². The Balaban J connectivity index is 2.09. The van der Waals surface area contributed by atoms with Crippen molar-refractivity contribution in [3.8, 4) is 5.75 Å². The lowest BCUT2D eigenvalue weighted by Crippen LogP contribution is -2.13. The van der Waals surface area contributed by atoms with Gasteiger partial charge < -0.3 is 15.0 Å². The van der Waals surface area contributed by atoms with Gasteiger partial charge in [0.05, 0.1) is 12.6 Å². The molecule has 1 aromatic heterocycles. The van der Waals surface area contributed by atoms with Gasteiger partial charge in [-0.05, 0) is 24.1 Å². The van der Waals surface area contributed by atoms with E-state index in [0.29, 0.717) is 18.3 Å². The highest BCUT2D eigenvalue weighted by Crippen LogP contribution is 2.22. The van der Waals surface area contributed by atoms with Crippen LogP contribution in [-0.2, 0) is 0 Å². The molecule has 1 unspecified atom stereocenters. The zero-order valence-electron chi connectivity index (χ0n) is 12.2. The second-order valence-corrected chi connectivity index (χ2v) is 5.04. The zero-order valence-corrected chi connectivity index (χ0v) is 12.2. The lowest BCUT2D eigenvalue weighted by molar-refractivity contribution is 0.317. The van der Waals surface area contributed by atoms with Crippen molar-refractivity contribution in [2.24, 2.45) is 5.73 Å². The Kier molecular flexibility index (Phi) is 4.74. The van der Waals surface area contributed by atoms with E-state index in [1.54, 1.807) is 0 Å². The first-order valence-electron chi connectivity index (χ1n) is 6.93. The van der Waals surface area contributed by atoms with Crippen molar-refractivity contribution in [3.63, 3.8) is 0 Å². The first-order valence-corrected chi connectivity index (χ1v) is 6.93. The Morgan fingerprint density at radius 1 is 1.25 bits per heavy atom. The SMILES string of the molecule is CCCOc1ccc(C(N)c2noc(C(C)C)n2)cc1. The van der Waals surface area contributed by atoms with Gasteiger partial charge >= 0.3 is 0 Å². The van der Waals surface area contributed by atoms with E-state index in [1.807, 2.05) is 38.1 Å². The number of hydrogen-bond donors (Lipinski definition) is 1. The molecule has 1 heterocycles. The van der Waals surface area contributed by atoms with Crippen LogP contribution in [0, 0.1) is 0 Å². The minimum atomic E-state index is -0.383. The fourth-order valence-corrected chi connectivity index (χ4v) is 1.75. The monoisotopic (exact) mass is 275 g/mol. The maximum Gasteiger partial charge on any atom is 0.229 e. The molecule has 0 aliphatic heterocycles. The molecule has 0 aliphatic rings. The molecule has 1 atom stereocenters. The summed E-state index contributed by atoms with van der Waals surface area (Å²) in [5.41, 5.74) is 7.09. The van der Waals surface area contributed by atoms with E-state index in [4.69, 9.17) is 15.0 Å². The Hall–Kier alpha value is -1.88. The maximum atomic E-state index is 6.15. The molecule has 108 valence electrons. The van der Waals surface area contributed by atoms with Crippen LogP contribution in [0.3, 0.4) is 0 Å². The van der Waals surface area contributed by atoms with Crippen LogP contribution in [0.4, 0.5) is 0 Å². The maximum absolute atomic E-state index is 6.15. The minimum absolute atomic E-state index is 0.202. The highest BCUT2D eigenvalue weighted by atomic mass is 16.5. The van der Waals surface area contributed by atoms with Crippen LogP contribution >= 0.6 is 0 Å². The third-order valence-electron chi connectivity index (χ3n) is 2.94. The van der Waals surface area contributed by atoms with Gasteiger partial charge in [0, 0.05) is 5.92 Å². The van der Waals surface area contributed by atoms with Crippen molar-refractivity contribution in [2.75, 3.05) is 6.61 Å². The summed E-state index contributed by atoms with van der Waals surface area (Å²) in [6.07, 6.45) is 0.988. The zero-order chi connectivity index (χ0) is 14.5. The van der Waals surface area contributed by atoms with Gasteiger partial charge in [0.2, 0.25) is 5.89 Å². The van der Waals surface area contributed by atoms with E-state index in [9.17, 15) is 0 Å². The Bertz CT molecular complexity index is 534. The van der Waals surface area contributed by atoms with Crippen LogP contribution in [0.1, 0.15) is 56.4 Å². The second-order valence-electron chi connectivity index (χ2n) is 5.04. The summed E-state index contributed by atoms with van der Waals surface area (Å²) < 4.78 is 10.7. The third kappa shape index (κ3) is 3.36. The number of rotatable bonds is 6. The van der Waals surface area contributed by atoms with Gasteiger partial charge in [0.15, 0.2) is 5.82 Å². The van der Waals surface area contributed by atoms with Gasteiger partial charge in [-0.1, -0.05) is 38.1 Å². The molecule has 0 spiro atoms. The van der Waals surface area contributed by atoms with Crippen LogP contribution < -0.4 is 10.5 Å². The summed E-state index contributed by atoms with van der Waals surface area (Å²) in [5, 5.41) is 3.94. The second kappa shape index (κ2) is 6.52. The van der Waals surface area contributed by atoms with Crippen molar-refractivity contribution >= 4 is 0 Å². The van der Waals surface area contributed by atoms with Crippen LogP contribution in [0.25, 0.3) is 0 Å².